The van der Waals surface area contributed by atoms with Gasteiger partial charge >= 0.3 is 0 Å². The van der Waals surface area contributed by atoms with Gasteiger partial charge in [-0.1, -0.05) is 33.1 Å². The molecule has 0 bridgehead atoms. The predicted octanol–water partition coefficient (Wildman–Crippen LogP) is 3.03. The molecule has 1 aliphatic carbocycles. The fourth-order valence-corrected chi connectivity index (χ4v) is 3.53. The number of piperazine rings is 1. The maximum atomic E-state index is 3.77. The lowest BCUT2D eigenvalue weighted by Gasteiger charge is -2.50. The fraction of sp³-hybridized carbons (Fsp3) is 1.00. The Labute approximate surface area is 107 Å². The Morgan fingerprint density at radius 1 is 1.29 bits per heavy atom. The summed E-state index contributed by atoms with van der Waals surface area (Å²) in [5.41, 5.74) is 0.346. The van der Waals surface area contributed by atoms with Crippen molar-refractivity contribution in [2.24, 2.45) is 5.92 Å². The molecule has 1 saturated carbocycles. The van der Waals surface area contributed by atoms with Crippen LogP contribution in [0.2, 0.25) is 0 Å². The van der Waals surface area contributed by atoms with Gasteiger partial charge in [-0.05, 0) is 32.6 Å². The number of nitrogens with one attached hydrogen (secondary N) is 1. The second-order valence-corrected chi connectivity index (χ2v) is 6.78. The van der Waals surface area contributed by atoms with Gasteiger partial charge in [0.1, 0.15) is 0 Å². The molecule has 2 rings (SSSR count). The van der Waals surface area contributed by atoms with E-state index < -0.39 is 0 Å². The van der Waals surface area contributed by atoms with Crippen molar-refractivity contribution < 1.29 is 0 Å². The zero-order valence-corrected chi connectivity index (χ0v) is 12.1. The van der Waals surface area contributed by atoms with Crippen LogP contribution in [0.3, 0.4) is 0 Å². The van der Waals surface area contributed by atoms with Crippen molar-refractivity contribution >= 4 is 0 Å². The van der Waals surface area contributed by atoms with Crippen LogP contribution in [0, 0.1) is 5.92 Å². The highest BCUT2D eigenvalue weighted by Gasteiger charge is 2.39. The maximum Gasteiger partial charge on any atom is 0.0281 e. The van der Waals surface area contributed by atoms with E-state index in [1.54, 1.807) is 0 Å². The summed E-state index contributed by atoms with van der Waals surface area (Å²) in [6.07, 6.45) is 7.03. The summed E-state index contributed by atoms with van der Waals surface area (Å²) in [6.45, 7) is 11.9. The Bertz CT molecular complexity index is 243. The molecule has 1 saturated heterocycles. The molecule has 0 aromatic heterocycles. The maximum absolute atomic E-state index is 3.77. The Balaban J connectivity index is 2.03. The van der Waals surface area contributed by atoms with Gasteiger partial charge in [0.25, 0.3) is 0 Å². The van der Waals surface area contributed by atoms with Crippen molar-refractivity contribution in [1.29, 1.82) is 0 Å². The van der Waals surface area contributed by atoms with Gasteiger partial charge in [0.2, 0.25) is 0 Å². The van der Waals surface area contributed by atoms with Crippen LogP contribution in [0.1, 0.15) is 59.8 Å². The highest BCUT2D eigenvalue weighted by Crippen LogP contribution is 2.32. The molecule has 1 N–H and O–H groups in total. The third kappa shape index (κ3) is 2.85. The molecule has 2 fully saturated rings. The molecule has 2 nitrogen and oxygen atoms in total. The largest absolute Gasteiger partial charge is 0.311 e. The zero-order valence-electron chi connectivity index (χ0n) is 12.1. The molecule has 0 aromatic rings. The number of nitrogens with zero attached hydrogens (tertiary/aromatic N) is 1. The van der Waals surface area contributed by atoms with Crippen molar-refractivity contribution in [3.8, 4) is 0 Å². The minimum absolute atomic E-state index is 0.346. The highest BCUT2D eigenvalue weighted by atomic mass is 15.3. The van der Waals surface area contributed by atoms with Crippen molar-refractivity contribution in [2.45, 2.75) is 77.4 Å². The quantitative estimate of drug-likeness (QED) is 0.813. The molecule has 2 aliphatic rings. The average Bonchev–Trinajstić information content (AvgIpc) is 2.81. The summed E-state index contributed by atoms with van der Waals surface area (Å²) in [6, 6.07) is 1.56. The Morgan fingerprint density at radius 3 is 2.53 bits per heavy atom. The van der Waals surface area contributed by atoms with Gasteiger partial charge in [-0.3, -0.25) is 4.90 Å². The van der Waals surface area contributed by atoms with Gasteiger partial charge in [0.15, 0.2) is 0 Å². The Hall–Kier alpha value is -0.0800. The predicted molar refractivity (Wildman–Crippen MR) is 74.3 cm³/mol. The summed E-state index contributed by atoms with van der Waals surface area (Å²) < 4.78 is 0. The average molecular weight is 238 g/mol. The molecule has 100 valence electrons. The summed E-state index contributed by atoms with van der Waals surface area (Å²) in [5, 5.41) is 3.77. The van der Waals surface area contributed by atoms with Gasteiger partial charge in [-0.25, -0.2) is 0 Å². The molecule has 1 aliphatic heterocycles. The Morgan fingerprint density at radius 2 is 1.94 bits per heavy atom. The van der Waals surface area contributed by atoms with Crippen molar-refractivity contribution in [3.63, 3.8) is 0 Å². The van der Waals surface area contributed by atoms with Gasteiger partial charge in [-0.2, -0.15) is 0 Å². The lowest BCUT2D eigenvalue weighted by atomic mass is 9.89. The van der Waals surface area contributed by atoms with Crippen molar-refractivity contribution in [3.05, 3.63) is 0 Å². The monoisotopic (exact) mass is 238 g/mol. The topological polar surface area (TPSA) is 15.3 Å². The minimum atomic E-state index is 0.346. The molecule has 2 atom stereocenters. The van der Waals surface area contributed by atoms with E-state index in [4.69, 9.17) is 0 Å². The third-order valence-electron chi connectivity index (χ3n) is 5.06. The minimum Gasteiger partial charge on any atom is -0.311 e. The molecule has 0 aromatic carbocycles. The highest BCUT2D eigenvalue weighted by molar-refractivity contribution is 4.98. The second-order valence-electron chi connectivity index (χ2n) is 6.78. The van der Waals surface area contributed by atoms with Crippen LogP contribution >= 0.6 is 0 Å². The molecule has 2 heteroatoms. The summed E-state index contributed by atoms with van der Waals surface area (Å²) in [4.78, 5) is 2.81. The van der Waals surface area contributed by atoms with E-state index in [2.05, 4.69) is 37.9 Å². The van der Waals surface area contributed by atoms with E-state index in [0.717, 1.165) is 18.5 Å². The van der Waals surface area contributed by atoms with Crippen LogP contribution in [0.15, 0.2) is 0 Å². The first kappa shape index (κ1) is 13.4. The Kier molecular flexibility index (Phi) is 4.14. The van der Waals surface area contributed by atoms with E-state index in [9.17, 15) is 0 Å². The summed E-state index contributed by atoms with van der Waals surface area (Å²) in [5.74, 6) is 0.801. The van der Waals surface area contributed by atoms with E-state index in [-0.39, 0.29) is 0 Å². The number of rotatable bonds is 3. The van der Waals surface area contributed by atoms with E-state index in [0.29, 0.717) is 11.6 Å². The van der Waals surface area contributed by atoms with E-state index in [1.165, 1.54) is 38.6 Å². The SMILES string of the molecule is CCC(C)C1CN(C2CCCC2)C(C)(C)CN1. The molecular weight excluding hydrogens is 208 g/mol. The van der Waals surface area contributed by atoms with Crippen molar-refractivity contribution in [2.75, 3.05) is 13.1 Å². The van der Waals surface area contributed by atoms with Crippen LogP contribution in [0.4, 0.5) is 0 Å². The van der Waals surface area contributed by atoms with Crippen LogP contribution in [-0.4, -0.2) is 35.6 Å². The van der Waals surface area contributed by atoms with Gasteiger partial charge < -0.3 is 5.32 Å². The van der Waals surface area contributed by atoms with Crippen LogP contribution in [-0.2, 0) is 0 Å². The zero-order chi connectivity index (χ0) is 12.5. The smallest absolute Gasteiger partial charge is 0.0281 e. The second kappa shape index (κ2) is 5.27. The molecule has 0 spiro atoms. The van der Waals surface area contributed by atoms with Crippen LogP contribution in [0.25, 0.3) is 0 Å². The molecular formula is C15H30N2. The molecule has 2 unspecified atom stereocenters. The van der Waals surface area contributed by atoms with Gasteiger partial charge in [0, 0.05) is 30.7 Å². The fourth-order valence-electron chi connectivity index (χ4n) is 3.53. The normalized spacial score (nSPS) is 32.8. The molecule has 0 radical (unpaired) electrons. The first-order chi connectivity index (χ1) is 8.04. The van der Waals surface area contributed by atoms with E-state index >= 15 is 0 Å². The van der Waals surface area contributed by atoms with Gasteiger partial charge in [0.05, 0.1) is 0 Å². The first-order valence-electron chi connectivity index (χ1n) is 7.54. The lowest BCUT2D eigenvalue weighted by molar-refractivity contribution is 0.0161. The van der Waals surface area contributed by atoms with E-state index in [1.807, 2.05) is 0 Å². The summed E-state index contributed by atoms with van der Waals surface area (Å²) in [7, 11) is 0. The molecule has 0 amide bonds. The standard InChI is InChI=1S/C15H30N2/c1-5-12(2)14-10-17(13-8-6-7-9-13)15(3,4)11-16-14/h12-14,16H,5-11H2,1-4H3. The van der Waals surface area contributed by atoms with Crippen LogP contribution < -0.4 is 5.32 Å². The number of hydrogen-bond donors (Lipinski definition) is 1. The lowest BCUT2D eigenvalue weighted by Crippen LogP contribution is -2.65. The third-order valence-corrected chi connectivity index (χ3v) is 5.06. The molecule has 1 heterocycles. The van der Waals surface area contributed by atoms with Crippen LogP contribution in [0.5, 0.6) is 0 Å². The van der Waals surface area contributed by atoms with Crippen molar-refractivity contribution in [1.82, 2.24) is 10.2 Å². The molecule has 17 heavy (non-hydrogen) atoms. The number of hydrogen-bond acceptors (Lipinski definition) is 2. The first-order valence-corrected chi connectivity index (χ1v) is 7.54. The van der Waals surface area contributed by atoms with Gasteiger partial charge in [-0.15, -0.1) is 0 Å². The summed E-state index contributed by atoms with van der Waals surface area (Å²) >= 11 is 0.